The molecule has 4 amide bonds. The van der Waals surface area contributed by atoms with E-state index in [9.17, 15) is 28.7 Å². The number of imide groups is 1. The van der Waals surface area contributed by atoms with Crippen LogP contribution in [0.2, 0.25) is 0 Å². The van der Waals surface area contributed by atoms with Crippen LogP contribution >= 0.6 is 0 Å². The Bertz CT molecular complexity index is 1760. The molecule has 3 N–H and O–H groups in total. The molecule has 51 heavy (non-hydrogen) atoms. The van der Waals surface area contributed by atoms with Crippen molar-refractivity contribution in [1.29, 1.82) is 0 Å². The number of aromatic nitrogens is 2. The first kappa shape index (κ1) is 36.0. The maximum Gasteiger partial charge on any atom is 0.253 e. The van der Waals surface area contributed by atoms with Crippen LogP contribution < -0.4 is 10.6 Å². The van der Waals surface area contributed by atoms with Crippen molar-refractivity contribution in [3.05, 3.63) is 89.9 Å². The zero-order chi connectivity index (χ0) is 36.1. The van der Waals surface area contributed by atoms with Gasteiger partial charge in [-0.1, -0.05) is 30.3 Å². The Kier molecular flexibility index (Phi) is 11.3. The van der Waals surface area contributed by atoms with Gasteiger partial charge < -0.3 is 29.9 Å². The van der Waals surface area contributed by atoms with Crippen LogP contribution in [0.5, 0.6) is 0 Å². The largest absolute Gasteiger partial charge is 0.384 e. The highest BCUT2D eigenvalue weighted by molar-refractivity contribution is 6.12. The lowest BCUT2D eigenvalue weighted by Crippen LogP contribution is -2.47. The van der Waals surface area contributed by atoms with E-state index in [1.54, 1.807) is 11.1 Å². The Morgan fingerprint density at radius 1 is 1.10 bits per heavy atom. The smallest absolute Gasteiger partial charge is 0.253 e. The normalized spacial score (nSPS) is 20.5. The maximum absolute atomic E-state index is 15.1. The monoisotopic (exact) mass is 704 g/mol. The van der Waals surface area contributed by atoms with Crippen LogP contribution in [-0.2, 0) is 30.5 Å². The van der Waals surface area contributed by atoms with E-state index in [1.165, 1.54) is 19.1 Å². The number of carbonyl (C=O) groups excluding carboxylic acids is 4. The van der Waals surface area contributed by atoms with Crippen LogP contribution in [0.1, 0.15) is 43.6 Å². The molecule has 3 aliphatic rings. The summed E-state index contributed by atoms with van der Waals surface area (Å²) in [6.45, 7) is 3.41. The van der Waals surface area contributed by atoms with Gasteiger partial charge in [-0.2, -0.15) is 0 Å². The first-order valence-corrected chi connectivity index (χ1v) is 17.3. The molecule has 0 radical (unpaired) electrons. The molecule has 1 aromatic heterocycles. The molecule has 2 aromatic carbocycles. The van der Waals surface area contributed by atoms with Crippen LogP contribution in [-0.4, -0.2) is 99.6 Å². The highest BCUT2D eigenvalue weighted by atomic mass is 19.1. The maximum atomic E-state index is 15.1. The average molecular weight is 705 g/mol. The van der Waals surface area contributed by atoms with E-state index >= 15 is 4.39 Å². The zero-order valence-electron chi connectivity index (χ0n) is 28.3. The summed E-state index contributed by atoms with van der Waals surface area (Å²) in [5.74, 6) is -2.75. The topological polar surface area (TPSA) is 146 Å². The minimum Gasteiger partial charge on any atom is -0.384 e. The first-order chi connectivity index (χ1) is 24.6. The fraction of sp³-hybridized carbons (Fsp3) is 0.432. The van der Waals surface area contributed by atoms with Crippen molar-refractivity contribution in [1.82, 2.24) is 30.0 Å². The number of nitrogens with one attached hydrogen (secondary N) is 2. The predicted molar refractivity (Wildman–Crippen MR) is 182 cm³/mol. The molecule has 3 aliphatic heterocycles. The number of imidazole rings is 1. The highest BCUT2D eigenvalue weighted by Gasteiger charge is 2.41. The van der Waals surface area contributed by atoms with E-state index in [4.69, 9.17) is 9.72 Å². The predicted octanol–water partition coefficient (Wildman–Crippen LogP) is 2.57. The molecule has 2 unspecified atom stereocenters. The van der Waals surface area contributed by atoms with Crippen molar-refractivity contribution in [2.24, 2.45) is 11.8 Å². The van der Waals surface area contributed by atoms with E-state index in [0.29, 0.717) is 51.4 Å². The Labute approximate surface area is 294 Å². The van der Waals surface area contributed by atoms with Gasteiger partial charge in [-0.3, -0.25) is 24.1 Å². The molecule has 12 nitrogen and oxygen atoms in total. The van der Waals surface area contributed by atoms with Crippen molar-refractivity contribution >= 4 is 23.6 Å². The van der Waals surface area contributed by atoms with Gasteiger partial charge in [-0.25, -0.2) is 13.8 Å². The Hall–Kier alpha value is -4.79. The zero-order valence-corrected chi connectivity index (χ0v) is 28.3. The Morgan fingerprint density at radius 2 is 1.82 bits per heavy atom. The molecular formula is C37H42F2N6O6. The van der Waals surface area contributed by atoms with Crippen molar-refractivity contribution in [3.8, 4) is 11.3 Å². The lowest BCUT2D eigenvalue weighted by atomic mass is 9.88. The van der Waals surface area contributed by atoms with Gasteiger partial charge in [-0.05, 0) is 61.8 Å². The van der Waals surface area contributed by atoms with E-state index < -0.39 is 47.5 Å². The number of aliphatic hydroxyl groups excluding tert-OH is 1. The van der Waals surface area contributed by atoms with Gasteiger partial charge in [0.15, 0.2) is 0 Å². The molecule has 0 bridgehead atoms. The molecule has 2 fully saturated rings. The van der Waals surface area contributed by atoms with Gasteiger partial charge in [0, 0.05) is 69.8 Å². The summed E-state index contributed by atoms with van der Waals surface area (Å²) in [5.41, 5.74) is 1.14. The van der Waals surface area contributed by atoms with Gasteiger partial charge in [0.1, 0.15) is 23.6 Å². The van der Waals surface area contributed by atoms with Crippen molar-refractivity contribution in [2.45, 2.75) is 50.9 Å². The van der Waals surface area contributed by atoms with Gasteiger partial charge >= 0.3 is 0 Å². The summed E-state index contributed by atoms with van der Waals surface area (Å²) in [4.78, 5) is 58.4. The molecular weight excluding hydrogens is 662 g/mol. The third-order valence-electron chi connectivity index (χ3n) is 9.69. The van der Waals surface area contributed by atoms with Crippen LogP contribution in [0.15, 0.2) is 66.9 Å². The van der Waals surface area contributed by atoms with Gasteiger partial charge in [-0.15, -0.1) is 0 Å². The van der Waals surface area contributed by atoms with Crippen LogP contribution in [0.25, 0.3) is 11.3 Å². The molecule has 0 spiro atoms. The Morgan fingerprint density at radius 3 is 2.53 bits per heavy atom. The van der Waals surface area contributed by atoms with Crippen molar-refractivity contribution in [3.63, 3.8) is 0 Å². The second kappa shape index (κ2) is 16.0. The number of ether oxygens (including phenoxy) is 1. The van der Waals surface area contributed by atoms with Crippen LogP contribution in [0.4, 0.5) is 8.78 Å². The number of aliphatic hydroxyl groups is 1. The Balaban J connectivity index is 1.29. The highest BCUT2D eigenvalue weighted by Crippen LogP contribution is 2.38. The molecule has 14 heteroatoms. The average Bonchev–Trinajstić information content (AvgIpc) is 3.85. The standard InChI is InChI=1S/C37H42F2N6O6/c1-23(46)37(50)45(21-25-17-30(41-19-25)36(49)40-13-14-44-32(47)9-10-33(44)48)34(26-11-15-51-16-12-26)35-42-31(28-18-27(38)7-8-29(28)39)22-43(35)20-24-5-3-2-4-6-24/h2-10,18,22-23,25-26,30,34,41,46H,11-17,19-21H2,1H3,(H,40,49)/t23-,25?,30?,34+/m0/s1. The summed E-state index contributed by atoms with van der Waals surface area (Å²) < 4.78 is 37.1. The number of amides is 4. The fourth-order valence-corrected chi connectivity index (χ4v) is 7.10. The van der Waals surface area contributed by atoms with Crippen molar-refractivity contribution in [2.75, 3.05) is 39.4 Å². The summed E-state index contributed by atoms with van der Waals surface area (Å²) in [7, 11) is 0. The lowest BCUT2D eigenvalue weighted by Gasteiger charge is -2.40. The summed E-state index contributed by atoms with van der Waals surface area (Å²) in [5, 5.41) is 16.7. The van der Waals surface area contributed by atoms with E-state index in [2.05, 4.69) is 10.6 Å². The molecule has 6 rings (SSSR count). The van der Waals surface area contributed by atoms with E-state index in [1.807, 2.05) is 34.9 Å². The van der Waals surface area contributed by atoms with Gasteiger partial charge in [0.2, 0.25) is 5.91 Å². The number of hydrogen-bond acceptors (Lipinski definition) is 8. The number of carbonyl (C=O) groups is 4. The molecule has 4 heterocycles. The molecule has 0 saturated carbocycles. The van der Waals surface area contributed by atoms with E-state index in [-0.39, 0.29) is 48.6 Å². The number of hydrogen-bond donors (Lipinski definition) is 3. The molecule has 4 atom stereocenters. The number of benzene rings is 2. The number of halogens is 2. The molecule has 0 aliphatic carbocycles. The summed E-state index contributed by atoms with van der Waals surface area (Å²) in [6.07, 6.45) is 4.30. The lowest BCUT2D eigenvalue weighted by molar-refractivity contribution is -0.145. The summed E-state index contributed by atoms with van der Waals surface area (Å²) >= 11 is 0. The van der Waals surface area contributed by atoms with Crippen molar-refractivity contribution < 1.29 is 37.8 Å². The van der Waals surface area contributed by atoms with Crippen LogP contribution in [0.3, 0.4) is 0 Å². The quantitative estimate of drug-likeness (QED) is 0.230. The van der Waals surface area contributed by atoms with Gasteiger partial charge in [0.05, 0.1) is 17.8 Å². The summed E-state index contributed by atoms with van der Waals surface area (Å²) in [6, 6.07) is 11.6. The molecule has 270 valence electrons. The molecule has 3 aromatic rings. The second-order valence-corrected chi connectivity index (χ2v) is 13.3. The third-order valence-corrected chi connectivity index (χ3v) is 9.69. The first-order valence-electron chi connectivity index (χ1n) is 17.3. The fourth-order valence-electron chi connectivity index (χ4n) is 7.10. The minimum atomic E-state index is -1.34. The number of rotatable bonds is 13. The second-order valence-electron chi connectivity index (χ2n) is 13.3. The van der Waals surface area contributed by atoms with Gasteiger partial charge in [0.25, 0.3) is 17.7 Å². The third kappa shape index (κ3) is 8.41. The number of nitrogens with zero attached hydrogens (tertiary/aromatic N) is 4. The molecule has 2 saturated heterocycles. The van der Waals surface area contributed by atoms with Crippen LogP contribution in [0, 0.1) is 23.5 Å². The SMILES string of the molecule is C[C@H](O)C(=O)N(CC1CNC(C(=O)NCCN2C(=O)C=CC2=O)C1)[C@@H](c1nc(-c2cc(F)ccc2F)cn1Cc1ccccc1)C1CCOCC1. The minimum absolute atomic E-state index is 0.00855. The van der Waals surface area contributed by atoms with E-state index in [0.717, 1.165) is 28.7 Å².